The molecule has 2 N–H and O–H groups in total. The number of rotatable bonds is 3. The highest BCUT2D eigenvalue weighted by atomic mass is 35.5. The molecule has 1 aromatic heterocycles. The van der Waals surface area contributed by atoms with Crippen LogP contribution in [-0.2, 0) is 6.54 Å². The van der Waals surface area contributed by atoms with Gasteiger partial charge in [0, 0.05) is 29.0 Å². The highest BCUT2D eigenvalue weighted by Crippen LogP contribution is 2.21. The molecule has 1 heterocycles. The summed E-state index contributed by atoms with van der Waals surface area (Å²) in [7, 11) is 0. The van der Waals surface area contributed by atoms with E-state index in [1.54, 1.807) is 0 Å². The second-order valence-electron chi connectivity index (χ2n) is 4.71. The fraction of sp³-hybridized carbons (Fsp3) is 0.125. The van der Waals surface area contributed by atoms with Crippen molar-refractivity contribution in [2.75, 3.05) is 5.32 Å². The molecule has 0 bridgehead atoms. The summed E-state index contributed by atoms with van der Waals surface area (Å²) in [5.41, 5.74) is 4.72. The van der Waals surface area contributed by atoms with Crippen LogP contribution in [0.3, 0.4) is 0 Å². The molecule has 2 aromatic carbocycles. The maximum atomic E-state index is 5.96. The molecule has 0 saturated carbocycles. The Morgan fingerprint density at radius 1 is 1.10 bits per heavy atom. The molecule has 0 fully saturated rings. The molecule has 2 nitrogen and oxygen atoms in total. The first-order valence-corrected chi connectivity index (χ1v) is 6.66. The van der Waals surface area contributed by atoms with Crippen molar-refractivity contribution < 1.29 is 0 Å². The van der Waals surface area contributed by atoms with E-state index in [0.29, 0.717) is 0 Å². The number of nitrogens with one attached hydrogen (secondary N) is 2. The van der Waals surface area contributed by atoms with Crippen molar-refractivity contribution in [3.8, 4) is 0 Å². The van der Waals surface area contributed by atoms with Crippen LogP contribution in [0.15, 0.2) is 48.7 Å². The number of halogens is 2. The fourth-order valence-corrected chi connectivity index (χ4v) is 2.46. The zero-order valence-electron chi connectivity index (χ0n) is 11.1. The lowest BCUT2D eigenvalue weighted by molar-refractivity contribution is 1.14. The lowest BCUT2D eigenvalue weighted by Crippen LogP contribution is -2.00. The predicted octanol–water partition coefficient (Wildman–Crippen LogP) is 5.16. The smallest absolute Gasteiger partial charge is 0.0454 e. The van der Waals surface area contributed by atoms with Crippen LogP contribution in [0.2, 0.25) is 5.02 Å². The van der Waals surface area contributed by atoms with Crippen molar-refractivity contribution in [2.24, 2.45) is 0 Å². The van der Waals surface area contributed by atoms with E-state index >= 15 is 0 Å². The molecular formula is C16H16Cl2N2. The molecule has 20 heavy (non-hydrogen) atoms. The number of benzene rings is 2. The van der Waals surface area contributed by atoms with Crippen LogP contribution in [-0.4, -0.2) is 4.98 Å². The molecule has 104 valence electrons. The van der Waals surface area contributed by atoms with Gasteiger partial charge in [-0.15, -0.1) is 12.4 Å². The highest BCUT2D eigenvalue weighted by Gasteiger charge is 2.00. The van der Waals surface area contributed by atoms with Gasteiger partial charge in [-0.2, -0.15) is 0 Å². The molecule has 0 spiro atoms. The average Bonchev–Trinajstić information content (AvgIpc) is 2.85. The van der Waals surface area contributed by atoms with Crippen LogP contribution in [0.4, 0.5) is 5.69 Å². The van der Waals surface area contributed by atoms with Crippen LogP contribution < -0.4 is 5.32 Å². The molecule has 4 heteroatoms. The topological polar surface area (TPSA) is 27.8 Å². The highest BCUT2D eigenvalue weighted by molar-refractivity contribution is 6.30. The Labute approximate surface area is 129 Å². The number of aromatic nitrogens is 1. The van der Waals surface area contributed by atoms with Crippen LogP contribution in [0.5, 0.6) is 0 Å². The first kappa shape index (κ1) is 14.8. The van der Waals surface area contributed by atoms with Gasteiger partial charge >= 0.3 is 0 Å². The maximum Gasteiger partial charge on any atom is 0.0454 e. The van der Waals surface area contributed by atoms with Gasteiger partial charge in [0.2, 0.25) is 0 Å². The van der Waals surface area contributed by atoms with Gasteiger partial charge in [0.25, 0.3) is 0 Å². The Morgan fingerprint density at radius 3 is 2.75 bits per heavy atom. The Morgan fingerprint density at radius 2 is 1.95 bits per heavy atom. The monoisotopic (exact) mass is 306 g/mol. The van der Waals surface area contributed by atoms with Gasteiger partial charge in [0.05, 0.1) is 0 Å². The van der Waals surface area contributed by atoms with Gasteiger partial charge in [0.15, 0.2) is 0 Å². The van der Waals surface area contributed by atoms with Crippen LogP contribution in [0.25, 0.3) is 10.9 Å². The van der Waals surface area contributed by atoms with E-state index in [1.165, 1.54) is 16.5 Å². The van der Waals surface area contributed by atoms with Crippen molar-refractivity contribution in [3.63, 3.8) is 0 Å². The standard InChI is InChI=1S/C16H15ClN2.ClH/c1-11-8-14(17)3-5-15(11)19-10-12-2-4-16-13(9-12)6-7-18-16;/h2-9,18-19H,10H2,1H3;1H. The van der Waals surface area contributed by atoms with Gasteiger partial charge in [0.1, 0.15) is 0 Å². The Balaban J connectivity index is 0.00000147. The number of hydrogen-bond acceptors (Lipinski definition) is 1. The molecule has 0 amide bonds. The molecule has 0 aliphatic carbocycles. The number of hydrogen-bond donors (Lipinski definition) is 2. The minimum atomic E-state index is 0. The zero-order valence-corrected chi connectivity index (χ0v) is 12.7. The fourth-order valence-electron chi connectivity index (χ4n) is 2.24. The Kier molecular flexibility index (Phi) is 4.58. The summed E-state index contributed by atoms with van der Waals surface area (Å²) in [5.74, 6) is 0. The van der Waals surface area contributed by atoms with Crippen molar-refractivity contribution in [1.82, 2.24) is 4.98 Å². The van der Waals surface area contributed by atoms with Gasteiger partial charge in [-0.25, -0.2) is 0 Å². The summed E-state index contributed by atoms with van der Waals surface area (Å²) in [6, 6.07) is 14.4. The summed E-state index contributed by atoms with van der Waals surface area (Å²) in [6.45, 7) is 2.87. The molecule has 0 atom stereocenters. The third-order valence-electron chi connectivity index (χ3n) is 3.29. The number of aryl methyl sites for hydroxylation is 1. The van der Waals surface area contributed by atoms with Crippen LogP contribution in [0.1, 0.15) is 11.1 Å². The third kappa shape index (κ3) is 3.09. The Bertz CT molecular complexity index is 719. The first-order chi connectivity index (χ1) is 9.22. The number of fused-ring (bicyclic) bond motifs is 1. The van der Waals surface area contributed by atoms with Crippen LogP contribution >= 0.6 is 24.0 Å². The van der Waals surface area contributed by atoms with Gasteiger partial charge in [-0.3, -0.25) is 0 Å². The molecule has 3 aromatic rings. The summed E-state index contributed by atoms with van der Waals surface area (Å²) >= 11 is 5.96. The quantitative estimate of drug-likeness (QED) is 0.687. The Hall–Kier alpha value is -1.64. The second-order valence-corrected chi connectivity index (χ2v) is 5.15. The number of H-pyrrole nitrogens is 1. The van der Waals surface area contributed by atoms with E-state index in [2.05, 4.69) is 41.5 Å². The maximum absolute atomic E-state index is 5.96. The SMILES string of the molecule is Cc1cc(Cl)ccc1NCc1ccc2[nH]ccc2c1.Cl. The summed E-state index contributed by atoms with van der Waals surface area (Å²) in [6.07, 6.45) is 1.96. The lowest BCUT2D eigenvalue weighted by Gasteiger charge is -2.10. The van der Waals surface area contributed by atoms with E-state index in [9.17, 15) is 0 Å². The molecule has 0 saturated heterocycles. The number of aromatic amines is 1. The molecular weight excluding hydrogens is 291 g/mol. The third-order valence-corrected chi connectivity index (χ3v) is 3.52. The van der Waals surface area contributed by atoms with Gasteiger partial charge in [-0.05, 0) is 59.8 Å². The zero-order chi connectivity index (χ0) is 13.2. The lowest BCUT2D eigenvalue weighted by atomic mass is 10.1. The minimum absolute atomic E-state index is 0. The van der Waals surface area contributed by atoms with Gasteiger partial charge in [-0.1, -0.05) is 17.7 Å². The normalized spacial score (nSPS) is 10.3. The summed E-state index contributed by atoms with van der Waals surface area (Å²) in [5, 5.41) is 5.46. The largest absolute Gasteiger partial charge is 0.381 e. The first-order valence-electron chi connectivity index (χ1n) is 6.28. The summed E-state index contributed by atoms with van der Waals surface area (Å²) in [4.78, 5) is 3.20. The van der Waals surface area contributed by atoms with E-state index in [4.69, 9.17) is 11.6 Å². The van der Waals surface area contributed by atoms with E-state index in [0.717, 1.165) is 22.8 Å². The average molecular weight is 307 g/mol. The molecule has 0 aliphatic rings. The van der Waals surface area contributed by atoms with Crippen molar-refractivity contribution in [3.05, 3.63) is 64.8 Å². The summed E-state index contributed by atoms with van der Waals surface area (Å²) < 4.78 is 0. The molecule has 0 radical (unpaired) electrons. The van der Waals surface area contributed by atoms with Gasteiger partial charge < -0.3 is 10.3 Å². The molecule has 0 unspecified atom stereocenters. The van der Waals surface area contributed by atoms with Crippen molar-refractivity contribution >= 4 is 40.6 Å². The van der Waals surface area contributed by atoms with Crippen molar-refractivity contribution in [1.29, 1.82) is 0 Å². The second kappa shape index (κ2) is 6.21. The molecule has 0 aliphatic heterocycles. The van der Waals surface area contributed by atoms with E-state index in [1.807, 2.05) is 24.4 Å². The van der Waals surface area contributed by atoms with E-state index in [-0.39, 0.29) is 12.4 Å². The molecule has 3 rings (SSSR count). The predicted molar refractivity (Wildman–Crippen MR) is 89.1 cm³/mol. The number of anilines is 1. The minimum Gasteiger partial charge on any atom is -0.381 e. The van der Waals surface area contributed by atoms with Crippen molar-refractivity contribution in [2.45, 2.75) is 13.5 Å². The van der Waals surface area contributed by atoms with E-state index < -0.39 is 0 Å². The van der Waals surface area contributed by atoms with Crippen LogP contribution in [0, 0.1) is 6.92 Å².